The number of anilines is 1. The Bertz CT molecular complexity index is 1160. The number of fused-ring (bicyclic) bond motifs is 1. The van der Waals surface area contributed by atoms with Crippen molar-refractivity contribution in [3.8, 4) is 11.8 Å². The minimum Gasteiger partial charge on any atom is -0.497 e. The first kappa shape index (κ1) is 19.7. The van der Waals surface area contributed by atoms with Gasteiger partial charge in [0.05, 0.1) is 18.2 Å². The number of methoxy groups -OCH3 is 1. The van der Waals surface area contributed by atoms with E-state index >= 15 is 0 Å². The Morgan fingerprint density at radius 2 is 1.80 bits per heavy atom. The fourth-order valence-corrected chi connectivity index (χ4v) is 3.81. The van der Waals surface area contributed by atoms with Crippen LogP contribution in [0.1, 0.15) is 27.0 Å². The molecule has 30 heavy (non-hydrogen) atoms. The number of ether oxygens (including phenoxy) is 1. The molecule has 1 fully saturated rings. The van der Waals surface area contributed by atoms with Crippen LogP contribution in [0.25, 0.3) is 10.9 Å². The van der Waals surface area contributed by atoms with Crippen LogP contribution in [0.15, 0.2) is 42.5 Å². The van der Waals surface area contributed by atoms with Gasteiger partial charge in [-0.2, -0.15) is 5.26 Å². The molecule has 6 heteroatoms. The Balaban J connectivity index is 1.55. The highest BCUT2D eigenvalue weighted by molar-refractivity contribution is 5.94. The molecule has 0 saturated carbocycles. The van der Waals surface area contributed by atoms with Gasteiger partial charge >= 0.3 is 0 Å². The predicted molar refractivity (Wildman–Crippen MR) is 117 cm³/mol. The summed E-state index contributed by atoms with van der Waals surface area (Å²) < 4.78 is 5.23. The molecule has 1 amide bonds. The smallest absolute Gasteiger partial charge is 0.254 e. The highest BCUT2D eigenvalue weighted by atomic mass is 16.5. The number of rotatable bonds is 3. The molecule has 1 aliphatic heterocycles. The number of hydrogen-bond acceptors (Lipinski definition) is 5. The normalized spacial score (nSPS) is 13.9. The van der Waals surface area contributed by atoms with Crippen molar-refractivity contribution in [3.63, 3.8) is 0 Å². The number of nitriles is 1. The van der Waals surface area contributed by atoms with Gasteiger partial charge in [0.2, 0.25) is 0 Å². The Kier molecular flexibility index (Phi) is 5.28. The van der Waals surface area contributed by atoms with Crippen LogP contribution < -0.4 is 9.64 Å². The summed E-state index contributed by atoms with van der Waals surface area (Å²) in [4.78, 5) is 21.6. The molecule has 1 aromatic heterocycles. The topological polar surface area (TPSA) is 69.5 Å². The summed E-state index contributed by atoms with van der Waals surface area (Å²) in [5.74, 6) is 1.36. The lowest BCUT2D eigenvalue weighted by molar-refractivity contribution is 0.0746. The lowest BCUT2D eigenvalue weighted by Crippen LogP contribution is -2.49. The van der Waals surface area contributed by atoms with Crippen molar-refractivity contribution in [1.82, 2.24) is 9.88 Å². The fraction of sp³-hybridized carbons (Fsp3) is 0.292. The molecule has 2 heterocycles. The van der Waals surface area contributed by atoms with Gasteiger partial charge in [0, 0.05) is 37.1 Å². The van der Waals surface area contributed by atoms with E-state index in [1.807, 2.05) is 23.1 Å². The van der Waals surface area contributed by atoms with Crippen LogP contribution in [0.3, 0.4) is 0 Å². The first-order valence-electron chi connectivity index (χ1n) is 10.0. The molecule has 0 radical (unpaired) electrons. The number of hydrogen-bond donors (Lipinski definition) is 0. The van der Waals surface area contributed by atoms with E-state index in [0.29, 0.717) is 48.9 Å². The third-order valence-corrected chi connectivity index (χ3v) is 5.71. The zero-order valence-electron chi connectivity index (χ0n) is 17.5. The van der Waals surface area contributed by atoms with Gasteiger partial charge in [-0.3, -0.25) is 4.79 Å². The van der Waals surface area contributed by atoms with Crippen LogP contribution >= 0.6 is 0 Å². The first-order chi connectivity index (χ1) is 14.5. The van der Waals surface area contributed by atoms with Gasteiger partial charge < -0.3 is 14.5 Å². The lowest BCUT2D eigenvalue weighted by Gasteiger charge is -2.36. The number of carbonyl (C=O) groups excluding carboxylic acids is 1. The standard InChI is InChI=1S/C24H24N4O2/c1-16-11-19-13-20(15-25)23(26-22(19)12-17(16)2)27-7-9-28(10-8-27)24(29)18-5-4-6-21(14-18)30-3/h4-6,11-14H,7-10H2,1-3H3. The summed E-state index contributed by atoms with van der Waals surface area (Å²) in [6.45, 7) is 6.55. The van der Waals surface area contributed by atoms with Crippen molar-refractivity contribution in [3.05, 3.63) is 64.7 Å². The van der Waals surface area contributed by atoms with Gasteiger partial charge in [-0.05, 0) is 61.4 Å². The number of carbonyl (C=O) groups is 1. The summed E-state index contributed by atoms with van der Waals surface area (Å²) in [5, 5.41) is 10.7. The molecule has 1 saturated heterocycles. The third-order valence-electron chi connectivity index (χ3n) is 5.71. The minimum absolute atomic E-state index is 0.00775. The first-order valence-corrected chi connectivity index (χ1v) is 10.0. The molecule has 3 aromatic rings. The van der Waals surface area contributed by atoms with E-state index in [9.17, 15) is 10.1 Å². The number of nitrogens with zero attached hydrogens (tertiary/aromatic N) is 4. The van der Waals surface area contributed by atoms with Crippen LogP contribution in [-0.4, -0.2) is 49.1 Å². The van der Waals surface area contributed by atoms with E-state index in [2.05, 4.69) is 36.9 Å². The van der Waals surface area contributed by atoms with Crippen molar-refractivity contribution in [2.45, 2.75) is 13.8 Å². The zero-order valence-corrected chi connectivity index (χ0v) is 17.5. The SMILES string of the molecule is COc1cccc(C(=O)N2CCN(c3nc4cc(C)c(C)cc4cc3C#N)CC2)c1. The molecule has 152 valence electrons. The van der Waals surface area contributed by atoms with E-state index < -0.39 is 0 Å². The van der Waals surface area contributed by atoms with Crippen LogP contribution in [-0.2, 0) is 0 Å². The number of piperazine rings is 1. The zero-order chi connectivity index (χ0) is 21.3. The van der Waals surface area contributed by atoms with Crippen LogP contribution in [0.5, 0.6) is 5.75 Å². The summed E-state index contributed by atoms with van der Waals surface area (Å²) in [5.41, 5.74) is 4.44. The second kappa shape index (κ2) is 8.03. The summed E-state index contributed by atoms with van der Waals surface area (Å²) >= 11 is 0. The molecule has 0 atom stereocenters. The maximum atomic E-state index is 12.9. The van der Waals surface area contributed by atoms with Crippen molar-refractivity contribution in [1.29, 1.82) is 5.26 Å². The molecule has 0 bridgehead atoms. The van der Waals surface area contributed by atoms with E-state index in [1.54, 1.807) is 19.2 Å². The van der Waals surface area contributed by atoms with Gasteiger partial charge in [0.1, 0.15) is 17.6 Å². The van der Waals surface area contributed by atoms with Gasteiger partial charge in [0.15, 0.2) is 0 Å². The molecule has 6 nitrogen and oxygen atoms in total. The second-order valence-electron chi connectivity index (χ2n) is 7.61. The maximum absolute atomic E-state index is 12.9. The Labute approximate surface area is 176 Å². The van der Waals surface area contributed by atoms with Crippen molar-refractivity contribution in [2.75, 3.05) is 38.2 Å². The van der Waals surface area contributed by atoms with Gasteiger partial charge in [0.25, 0.3) is 5.91 Å². The van der Waals surface area contributed by atoms with E-state index in [0.717, 1.165) is 10.9 Å². The summed E-state index contributed by atoms with van der Waals surface area (Å²) in [7, 11) is 1.59. The quantitative estimate of drug-likeness (QED) is 0.671. The minimum atomic E-state index is -0.00775. The molecule has 0 N–H and O–H groups in total. The number of aromatic nitrogens is 1. The molecule has 0 aliphatic carbocycles. The average molecular weight is 400 g/mol. The molecule has 0 unspecified atom stereocenters. The van der Waals surface area contributed by atoms with Crippen molar-refractivity contribution >= 4 is 22.6 Å². The van der Waals surface area contributed by atoms with Gasteiger partial charge in [-0.25, -0.2) is 4.98 Å². The Morgan fingerprint density at radius 1 is 1.07 bits per heavy atom. The largest absolute Gasteiger partial charge is 0.497 e. The lowest BCUT2D eigenvalue weighted by atomic mass is 10.0. The van der Waals surface area contributed by atoms with Crippen LogP contribution in [0, 0.1) is 25.2 Å². The van der Waals surface area contributed by atoms with Crippen molar-refractivity contribution < 1.29 is 9.53 Å². The molecular weight excluding hydrogens is 376 g/mol. The third kappa shape index (κ3) is 3.67. The molecular formula is C24H24N4O2. The highest BCUT2D eigenvalue weighted by Crippen LogP contribution is 2.26. The summed E-state index contributed by atoms with van der Waals surface area (Å²) in [6.07, 6.45) is 0. The Hall–Kier alpha value is -3.59. The average Bonchev–Trinajstić information content (AvgIpc) is 2.78. The highest BCUT2D eigenvalue weighted by Gasteiger charge is 2.25. The second-order valence-corrected chi connectivity index (χ2v) is 7.61. The summed E-state index contributed by atoms with van der Waals surface area (Å²) in [6, 6.07) is 15.6. The van der Waals surface area contributed by atoms with Crippen LogP contribution in [0.4, 0.5) is 5.82 Å². The number of aryl methyl sites for hydroxylation is 2. The molecule has 4 rings (SSSR count). The van der Waals surface area contributed by atoms with Crippen LogP contribution in [0.2, 0.25) is 0 Å². The number of pyridine rings is 1. The number of amides is 1. The molecule has 0 spiro atoms. The predicted octanol–water partition coefficient (Wildman–Crippen LogP) is 3.69. The molecule has 1 aliphatic rings. The molecule has 2 aromatic carbocycles. The fourth-order valence-electron chi connectivity index (χ4n) is 3.81. The van der Waals surface area contributed by atoms with Gasteiger partial charge in [-0.1, -0.05) is 6.07 Å². The van der Waals surface area contributed by atoms with Crippen molar-refractivity contribution in [2.24, 2.45) is 0 Å². The van der Waals surface area contributed by atoms with E-state index in [1.165, 1.54) is 11.1 Å². The Morgan fingerprint density at radius 3 is 2.50 bits per heavy atom. The van der Waals surface area contributed by atoms with Gasteiger partial charge in [-0.15, -0.1) is 0 Å². The number of benzene rings is 2. The maximum Gasteiger partial charge on any atom is 0.254 e. The van der Waals surface area contributed by atoms with E-state index in [4.69, 9.17) is 9.72 Å². The monoisotopic (exact) mass is 400 g/mol. The van der Waals surface area contributed by atoms with E-state index in [-0.39, 0.29) is 5.91 Å².